The van der Waals surface area contributed by atoms with Crippen molar-refractivity contribution in [1.82, 2.24) is 10.7 Å². The molecular formula is C19H15IN4O3S. The highest BCUT2D eigenvalue weighted by Crippen LogP contribution is 2.20. The number of halogens is 1. The van der Waals surface area contributed by atoms with E-state index in [0.717, 1.165) is 15.3 Å². The van der Waals surface area contributed by atoms with E-state index in [1.165, 1.54) is 4.90 Å². The average Bonchev–Trinajstić information content (AvgIpc) is 2.65. The van der Waals surface area contributed by atoms with Crippen LogP contribution in [0.2, 0.25) is 0 Å². The molecule has 142 valence electrons. The molecule has 7 nitrogen and oxygen atoms in total. The van der Waals surface area contributed by atoms with Crippen molar-refractivity contribution in [2.75, 3.05) is 4.90 Å². The summed E-state index contributed by atoms with van der Waals surface area (Å²) in [7, 11) is 0. The van der Waals surface area contributed by atoms with E-state index in [1.807, 2.05) is 25.1 Å². The summed E-state index contributed by atoms with van der Waals surface area (Å²) in [5.41, 5.74) is 4.32. The molecule has 0 unspecified atom stereocenters. The molecule has 0 saturated carbocycles. The van der Waals surface area contributed by atoms with E-state index < -0.39 is 23.6 Å². The molecule has 1 aliphatic rings. The van der Waals surface area contributed by atoms with Crippen molar-refractivity contribution in [3.05, 3.63) is 63.2 Å². The molecular weight excluding hydrogens is 491 g/mol. The second-order valence-electron chi connectivity index (χ2n) is 6.01. The maximum absolute atomic E-state index is 12.8. The minimum atomic E-state index is -1.20. The lowest BCUT2D eigenvalue weighted by molar-refractivity contribution is -0.130. The lowest BCUT2D eigenvalue weighted by atomic mass is 10.1. The summed E-state index contributed by atoms with van der Waals surface area (Å²) in [5.74, 6) is -2.77. The van der Waals surface area contributed by atoms with Crippen LogP contribution in [0.5, 0.6) is 0 Å². The Balaban J connectivity index is 1.75. The van der Waals surface area contributed by atoms with E-state index in [1.54, 1.807) is 30.3 Å². The van der Waals surface area contributed by atoms with Gasteiger partial charge >= 0.3 is 0 Å². The molecule has 1 saturated heterocycles. The first-order valence-corrected chi connectivity index (χ1v) is 9.70. The zero-order chi connectivity index (χ0) is 20.3. The summed E-state index contributed by atoms with van der Waals surface area (Å²) >= 11 is 7.23. The smallest absolute Gasteiger partial charge is 0.271 e. The summed E-state index contributed by atoms with van der Waals surface area (Å²) < 4.78 is 0.901. The highest BCUT2D eigenvalue weighted by Gasteiger charge is 2.38. The third-order valence-corrected chi connectivity index (χ3v) is 4.93. The molecule has 9 heteroatoms. The fraction of sp³-hybridized carbons (Fsp3) is 0.105. The zero-order valence-electron chi connectivity index (χ0n) is 14.7. The molecule has 0 radical (unpaired) electrons. The van der Waals surface area contributed by atoms with E-state index in [-0.39, 0.29) is 5.11 Å². The standard InChI is InChI=1S/C19H15IN4O3S/c1-11-5-7-14(8-6-11)24-18(27)15(17(26)22-19(24)28)10-21-23-16(25)12-3-2-4-13(20)9-12/h2-10,15H,1H3,(H,23,25)(H,22,26,28)/b21-10+/t15-/m1/s1. The molecule has 0 aromatic heterocycles. The van der Waals surface area contributed by atoms with Crippen LogP contribution in [0.3, 0.4) is 0 Å². The van der Waals surface area contributed by atoms with Crippen molar-refractivity contribution < 1.29 is 14.4 Å². The second kappa shape index (κ2) is 8.57. The largest absolute Gasteiger partial charge is 0.301 e. The Hall–Kier alpha value is -2.66. The van der Waals surface area contributed by atoms with Crippen LogP contribution in [0.25, 0.3) is 0 Å². The summed E-state index contributed by atoms with van der Waals surface area (Å²) in [4.78, 5) is 38.4. The van der Waals surface area contributed by atoms with Gasteiger partial charge in [-0.1, -0.05) is 23.8 Å². The van der Waals surface area contributed by atoms with E-state index in [2.05, 4.69) is 38.4 Å². The van der Waals surface area contributed by atoms with Crippen LogP contribution in [0.4, 0.5) is 5.69 Å². The van der Waals surface area contributed by atoms with Crippen LogP contribution in [0.1, 0.15) is 15.9 Å². The van der Waals surface area contributed by atoms with Gasteiger partial charge in [0, 0.05) is 15.3 Å². The molecule has 2 aromatic carbocycles. The number of rotatable bonds is 4. The Morgan fingerprint density at radius 2 is 1.96 bits per heavy atom. The molecule has 2 N–H and O–H groups in total. The molecule has 3 rings (SSSR count). The summed E-state index contributed by atoms with van der Waals surface area (Å²) in [6, 6.07) is 14.1. The number of amides is 3. The van der Waals surface area contributed by atoms with E-state index in [4.69, 9.17) is 12.2 Å². The fourth-order valence-electron chi connectivity index (χ4n) is 2.52. The molecule has 28 heavy (non-hydrogen) atoms. The maximum Gasteiger partial charge on any atom is 0.271 e. The molecule has 0 bridgehead atoms. The molecule has 0 aliphatic carbocycles. The van der Waals surface area contributed by atoms with Gasteiger partial charge in [0.1, 0.15) is 0 Å². The second-order valence-corrected chi connectivity index (χ2v) is 7.64. The predicted molar refractivity (Wildman–Crippen MR) is 118 cm³/mol. The van der Waals surface area contributed by atoms with Crippen LogP contribution in [-0.2, 0) is 9.59 Å². The number of nitrogens with zero attached hydrogens (tertiary/aromatic N) is 2. The van der Waals surface area contributed by atoms with Crippen molar-refractivity contribution in [3.63, 3.8) is 0 Å². The van der Waals surface area contributed by atoms with Gasteiger partial charge in [0.2, 0.25) is 5.91 Å². The van der Waals surface area contributed by atoms with Gasteiger partial charge < -0.3 is 5.32 Å². The first-order valence-electron chi connectivity index (χ1n) is 8.21. The first kappa shape index (κ1) is 20.1. The van der Waals surface area contributed by atoms with Crippen LogP contribution in [-0.4, -0.2) is 29.0 Å². The molecule has 1 heterocycles. The van der Waals surface area contributed by atoms with Gasteiger partial charge in [-0.25, -0.2) is 5.43 Å². The number of thiocarbonyl (C=S) groups is 1. The number of hydrazone groups is 1. The summed E-state index contributed by atoms with van der Waals surface area (Å²) in [6.07, 6.45) is 1.10. The Labute approximate surface area is 180 Å². The van der Waals surface area contributed by atoms with Crippen molar-refractivity contribution in [3.8, 4) is 0 Å². The predicted octanol–water partition coefficient (Wildman–Crippen LogP) is 2.38. The highest BCUT2D eigenvalue weighted by molar-refractivity contribution is 14.1. The summed E-state index contributed by atoms with van der Waals surface area (Å²) in [6.45, 7) is 1.92. The van der Waals surface area contributed by atoms with Crippen molar-refractivity contribution in [1.29, 1.82) is 0 Å². The normalized spacial score (nSPS) is 17.0. The van der Waals surface area contributed by atoms with Gasteiger partial charge in [-0.3, -0.25) is 19.3 Å². The van der Waals surface area contributed by atoms with E-state index >= 15 is 0 Å². The number of hydrogen-bond donors (Lipinski definition) is 2. The van der Waals surface area contributed by atoms with Gasteiger partial charge in [-0.15, -0.1) is 0 Å². The van der Waals surface area contributed by atoms with Gasteiger partial charge in [0.25, 0.3) is 11.8 Å². The Bertz CT molecular complexity index is 991. The molecule has 2 aromatic rings. The molecule has 1 atom stereocenters. The third-order valence-electron chi connectivity index (χ3n) is 3.97. The molecule has 1 fully saturated rings. The van der Waals surface area contributed by atoms with Gasteiger partial charge in [-0.05, 0) is 72.1 Å². The van der Waals surface area contributed by atoms with Crippen molar-refractivity contribution in [2.45, 2.75) is 6.92 Å². The summed E-state index contributed by atoms with van der Waals surface area (Å²) in [5, 5.41) is 6.29. The SMILES string of the molecule is Cc1ccc(N2C(=O)[C@H](/C=N/NC(=O)c3cccc(I)c3)C(=O)NC2=S)cc1. The number of carbonyl (C=O) groups is 3. The molecule has 0 spiro atoms. The van der Waals surface area contributed by atoms with E-state index in [0.29, 0.717) is 11.3 Å². The van der Waals surface area contributed by atoms with Crippen LogP contribution < -0.4 is 15.6 Å². The Morgan fingerprint density at radius 1 is 1.25 bits per heavy atom. The topological polar surface area (TPSA) is 90.9 Å². The third kappa shape index (κ3) is 4.42. The average molecular weight is 506 g/mol. The monoisotopic (exact) mass is 506 g/mol. The fourth-order valence-corrected chi connectivity index (χ4v) is 3.36. The number of anilines is 1. The maximum atomic E-state index is 12.8. The van der Waals surface area contributed by atoms with Crippen molar-refractivity contribution >= 4 is 69.5 Å². The zero-order valence-corrected chi connectivity index (χ0v) is 17.7. The van der Waals surface area contributed by atoms with Crippen LogP contribution in [0.15, 0.2) is 53.6 Å². The number of hydrogen-bond acceptors (Lipinski definition) is 5. The number of nitrogens with one attached hydrogen (secondary N) is 2. The lowest BCUT2D eigenvalue weighted by Crippen LogP contribution is -2.58. The minimum absolute atomic E-state index is 0.00593. The van der Waals surface area contributed by atoms with Crippen molar-refractivity contribution in [2.24, 2.45) is 11.0 Å². The Morgan fingerprint density at radius 3 is 2.64 bits per heavy atom. The highest BCUT2D eigenvalue weighted by atomic mass is 127. The molecule has 3 amide bonds. The van der Waals surface area contributed by atoms with Gasteiger partial charge in [-0.2, -0.15) is 5.10 Å². The molecule has 1 aliphatic heterocycles. The van der Waals surface area contributed by atoms with Crippen LogP contribution >= 0.6 is 34.8 Å². The number of carbonyl (C=O) groups excluding carboxylic acids is 3. The van der Waals surface area contributed by atoms with Gasteiger partial charge in [0.15, 0.2) is 11.0 Å². The number of aryl methyl sites for hydroxylation is 1. The van der Waals surface area contributed by atoms with Gasteiger partial charge in [0.05, 0.1) is 5.69 Å². The Kier molecular flexibility index (Phi) is 6.15. The number of benzene rings is 2. The quantitative estimate of drug-likeness (QED) is 0.219. The first-order chi connectivity index (χ1) is 13.4. The van der Waals surface area contributed by atoms with E-state index in [9.17, 15) is 14.4 Å². The lowest BCUT2D eigenvalue weighted by Gasteiger charge is -2.30. The minimum Gasteiger partial charge on any atom is -0.301 e. The van der Waals surface area contributed by atoms with Crippen LogP contribution in [0, 0.1) is 16.4 Å².